The number of nitrogens with one attached hydrogen (secondary N) is 1. The quantitative estimate of drug-likeness (QED) is 0.516. The van der Waals surface area contributed by atoms with Gasteiger partial charge in [0.1, 0.15) is 5.82 Å². The van der Waals surface area contributed by atoms with Crippen LogP contribution in [-0.4, -0.2) is 62.7 Å². The highest BCUT2D eigenvalue weighted by molar-refractivity contribution is 7.89. The third-order valence-corrected chi connectivity index (χ3v) is 7.82. The van der Waals surface area contributed by atoms with Crippen molar-refractivity contribution >= 4 is 44.0 Å². The molecule has 3 aromatic rings. The minimum atomic E-state index is -3.52. The SMILES string of the molecule is CCCn1c(CNc2cc(Cl)ccc2N2CCOCC2)nc2cc(S(=O)(=O)N(C)C)ccc21. The number of sulfonamides is 1. The number of morpholine rings is 1. The second kappa shape index (κ2) is 9.89. The van der Waals surface area contributed by atoms with Crippen LogP contribution in [0.5, 0.6) is 0 Å². The van der Waals surface area contributed by atoms with Gasteiger partial charge in [0.25, 0.3) is 0 Å². The van der Waals surface area contributed by atoms with Crippen molar-refractivity contribution in [1.82, 2.24) is 13.9 Å². The first-order valence-corrected chi connectivity index (χ1v) is 12.9. The zero-order valence-electron chi connectivity index (χ0n) is 19.2. The van der Waals surface area contributed by atoms with Crippen LogP contribution in [0.15, 0.2) is 41.3 Å². The molecule has 1 aromatic heterocycles. The maximum atomic E-state index is 12.6. The van der Waals surface area contributed by atoms with Gasteiger partial charge in [-0.05, 0) is 42.8 Å². The molecule has 0 radical (unpaired) electrons. The molecule has 1 N–H and O–H groups in total. The van der Waals surface area contributed by atoms with Gasteiger partial charge in [-0.15, -0.1) is 0 Å². The lowest BCUT2D eigenvalue weighted by molar-refractivity contribution is 0.123. The van der Waals surface area contributed by atoms with Crippen molar-refractivity contribution in [1.29, 1.82) is 0 Å². The largest absolute Gasteiger partial charge is 0.378 e. The number of aromatic nitrogens is 2. The molecule has 0 bridgehead atoms. The van der Waals surface area contributed by atoms with Crippen molar-refractivity contribution in [3.8, 4) is 0 Å². The number of aryl methyl sites for hydroxylation is 1. The Morgan fingerprint density at radius 1 is 1.15 bits per heavy atom. The van der Waals surface area contributed by atoms with Crippen LogP contribution in [0.4, 0.5) is 11.4 Å². The summed E-state index contributed by atoms with van der Waals surface area (Å²) in [4.78, 5) is 7.32. The zero-order valence-corrected chi connectivity index (χ0v) is 20.8. The van der Waals surface area contributed by atoms with E-state index < -0.39 is 10.0 Å². The number of rotatable bonds is 8. The summed E-state index contributed by atoms with van der Waals surface area (Å²) in [5.41, 5.74) is 3.61. The molecule has 2 aromatic carbocycles. The molecule has 178 valence electrons. The molecule has 1 saturated heterocycles. The molecule has 0 saturated carbocycles. The van der Waals surface area contributed by atoms with Gasteiger partial charge in [0.05, 0.1) is 47.1 Å². The highest BCUT2D eigenvalue weighted by atomic mass is 35.5. The van der Waals surface area contributed by atoms with Gasteiger partial charge < -0.3 is 19.5 Å². The fraction of sp³-hybridized carbons (Fsp3) is 0.435. The predicted molar refractivity (Wildman–Crippen MR) is 133 cm³/mol. The van der Waals surface area contributed by atoms with E-state index in [1.165, 1.54) is 18.4 Å². The van der Waals surface area contributed by atoms with Crippen molar-refractivity contribution in [2.45, 2.75) is 31.3 Å². The smallest absolute Gasteiger partial charge is 0.242 e. The molecule has 8 nitrogen and oxygen atoms in total. The summed E-state index contributed by atoms with van der Waals surface area (Å²) < 4.78 is 34.0. The fourth-order valence-corrected chi connectivity index (χ4v) is 5.14. The summed E-state index contributed by atoms with van der Waals surface area (Å²) >= 11 is 6.30. The Labute approximate surface area is 200 Å². The van der Waals surface area contributed by atoms with Crippen LogP contribution < -0.4 is 10.2 Å². The molecule has 10 heteroatoms. The van der Waals surface area contributed by atoms with Gasteiger partial charge in [-0.3, -0.25) is 0 Å². The lowest BCUT2D eigenvalue weighted by Crippen LogP contribution is -2.36. The van der Waals surface area contributed by atoms with Crippen LogP contribution in [-0.2, 0) is 27.8 Å². The molecule has 0 aliphatic carbocycles. The lowest BCUT2D eigenvalue weighted by Gasteiger charge is -2.30. The minimum absolute atomic E-state index is 0.241. The third kappa shape index (κ3) is 4.96. The first-order chi connectivity index (χ1) is 15.8. The van der Waals surface area contributed by atoms with Crippen LogP contribution in [0.1, 0.15) is 19.2 Å². The second-order valence-electron chi connectivity index (χ2n) is 8.23. The summed E-state index contributed by atoms with van der Waals surface area (Å²) in [7, 11) is -0.466. The van der Waals surface area contributed by atoms with E-state index >= 15 is 0 Å². The number of anilines is 2. The molecule has 1 fully saturated rings. The van der Waals surface area contributed by atoms with Crippen LogP contribution in [0.25, 0.3) is 11.0 Å². The molecule has 0 atom stereocenters. The van der Waals surface area contributed by atoms with Crippen LogP contribution in [0, 0.1) is 0 Å². The van der Waals surface area contributed by atoms with Gasteiger partial charge in [0, 0.05) is 38.8 Å². The van der Waals surface area contributed by atoms with Crippen LogP contribution in [0.3, 0.4) is 0 Å². The topological polar surface area (TPSA) is 79.7 Å². The Hall–Kier alpha value is -2.33. The van der Waals surface area contributed by atoms with Crippen molar-refractivity contribution in [2.75, 3.05) is 50.6 Å². The molecular weight excluding hydrogens is 462 g/mol. The van der Waals surface area contributed by atoms with Gasteiger partial charge >= 0.3 is 0 Å². The van der Waals surface area contributed by atoms with E-state index in [2.05, 4.69) is 21.7 Å². The average Bonchev–Trinajstić information content (AvgIpc) is 3.15. The molecule has 0 spiro atoms. The summed E-state index contributed by atoms with van der Waals surface area (Å²) in [6, 6.07) is 11.0. The number of ether oxygens (including phenoxy) is 1. The fourth-order valence-electron chi connectivity index (χ4n) is 4.04. The van der Waals surface area contributed by atoms with Crippen LogP contribution in [0.2, 0.25) is 5.02 Å². The van der Waals surface area contributed by atoms with Gasteiger partial charge in [0.15, 0.2) is 0 Å². The van der Waals surface area contributed by atoms with E-state index in [4.69, 9.17) is 21.3 Å². The van der Waals surface area contributed by atoms with E-state index in [9.17, 15) is 8.42 Å². The number of hydrogen-bond acceptors (Lipinski definition) is 6. The van der Waals surface area contributed by atoms with Gasteiger partial charge in [-0.1, -0.05) is 18.5 Å². The lowest BCUT2D eigenvalue weighted by atomic mass is 10.2. The van der Waals surface area contributed by atoms with E-state index in [1.54, 1.807) is 12.1 Å². The second-order valence-corrected chi connectivity index (χ2v) is 10.8. The maximum absolute atomic E-state index is 12.6. The maximum Gasteiger partial charge on any atom is 0.242 e. The minimum Gasteiger partial charge on any atom is -0.378 e. The molecule has 33 heavy (non-hydrogen) atoms. The van der Waals surface area contributed by atoms with Crippen molar-refractivity contribution < 1.29 is 13.2 Å². The van der Waals surface area contributed by atoms with Gasteiger partial charge in [-0.25, -0.2) is 17.7 Å². The summed E-state index contributed by atoms with van der Waals surface area (Å²) in [6.07, 6.45) is 0.937. The Morgan fingerprint density at radius 3 is 2.61 bits per heavy atom. The molecule has 0 amide bonds. The molecule has 1 aliphatic rings. The first kappa shape index (κ1) is 23.8. The summed E-state index contributed by atoms with van der Waals surface area (Å²) in [6.45, 7) is 6.45. The number of imidazole rings is 1. The van der Waals surface area contributed by atoms with Crippen LogP contribution >= 0.6 is 11.6 Å². The monoisotopic (exact) mass is 491 g/mol. The number of fused-ring (bicyclic) bond motifs is 1. The van der Waals surface area contributed by atoms with E-state index in [1.807, 2.05) is 24.3 Å². The number of hydrogen-bond donors (Lipinski definition) is 1. The third-order valence-electron chi connectivity index (χ3n) is 5.77. The average molecular weight is 492 g/mol. The Morgan fingerprint density at radius 2 is 1.91 bits per heavy atom. The first-order valence-electron chi connectivity index (χ1n) is 11.1. The molecule has 4 rings (SSSR count). The normalized spacial score (nSPS) is 14.9. The Kier molecular flexibility index (Phi) is 7.13. The van der Waals surface area contributed by atoms with E-state index in [0.29, 0.717) is 30.3 Å². The van der Waals surface area contributed by atoms with Crippen molar-refractivity contribution in [3.05, 3.63) is 47.2 Å². The molecular formula is C23H30ClN5O3S. The summed E-state index contributed by atoms with van der Waals surface area (Å²) in [5.74, 6) is 0.846. The number of nitrogens with zero attached hydrogens (tertiary/aromatic N) is 4. The molecule has 1 aliphatic heterocycles. The predicted octanol–water partition coefficient (Wildman–Crippen LogP) is 3.80. The number of halogens is 1. The molecule has 2 heterocycles. The molecule has 0 unspecified atom stereocenters. The Balaban J connectivity index is 1.66. The Bertz CT molecular complexity index is 1240. The van der Waals surface area contributed by atoms with E-state index in [0.717, 1.165) is 48.8 Å². The van der Waals surface area contributed by atoms with Crippen molar-refractivity contribution in [3.63, 3.8) is 0 Å². The zero-order chi connectivity index (χ0) is 23.6. The number of benzene rings is 2. The van der Waals surface area contributed by atoms with Crippen molar-refractivity contribution in [2.24, 2.45) is 0 Å². The highest BCUT2D eigenvalue weighted by Crippen LogP contribution is 2.31. The van der Waals surface area contributed by atoms with Gasteiger partial charge in [-0.2, -0.15) is 0 Å². The van der Waals surface area contributed by atoms with Gasteiger partial charge in [0.2, 0.25) is 10.0 Å². The highest BCUT2D eigenvalue weighted by Gasteiger charge is 2.20. The summed E-state index contributed by atoms with van der Waals surface area (Å²) in [5, 5.41) is 4.18. The standard InChI is InChI=1S/C23H30ClN5O3S/c1-4-9-29-22-8-6-18(33(30,31)27(2)3)15-20(22)26-23(29)16-25-19-14-17(24)5-7-21(19)28-10-12-32-13-11-28/h5-8,14-15,25H,4,9-13,16H2,1-3H3. The van der Waals surface area contributed by atoms with E-state index in [-0.39, 0.29) is 4.90 Å².